The van der Waals surface area contributed by atoms with Crippen molar-refractivity contribution in [3.63, 3.8) is 0 Å². The van der Waals surface area contributed by atoms with Crippen molar-refractivity contribution >= 4 is 11.6 Å². The maximum atomic E-state index is 12.0. The van der Waals surface area contributed by atoms with E-state index >= 15 is 0 Å². The summed E-state index contributed by atoms with van der Waals surface area (Å²) in [5.41, 5.74) is 1.81. The highest BCUT2D eigenvalue weighted by atomic mass is 16.5. The van der Waals surface area contributed by atoms with Crippen molar-refractivity contribution in [2.75, 3.05) is 32.2 Å². The molecular formula is C13H18N2O3. The van der Waals surface area contributed by atoms with E-state index in [2.05, 4.69) is 10.6 Å². The molecule has 1 fully saturated rings. The highest BCUT2D eigenvalue weighted by Gasteiger charge is 2.20. The summed E-state index contributed by atoms with van der Waals surface area (Å²) in [7, 11) is 1.65. The Hall–Kier alpha value is -1.43. The zero-order valence-electron chi connectivity index (χ0n) is 10.4. The number of rotatable bonds is 4. The standard InChI is InChI=1S/C13H18N2O3/c1-17-8-10-3-2-4-11(7-10)15-13(16)12-9-18-6-5-14-12/h2-4,7,12,14H,5-6,8-9H2,1H3,(H,15,16). The van der Waals surface area contributed by atoms with Gasteiger partial charge in [0.05, 0.1) is 19.8 Å². The number of carbonyl (C=O) groups excluding carboxylic acids is 1. The Morgan fingerprint density at radius 3 is 3.22 bits per heavy atom. The number of morpholine rings is 1. The second kappa shape index (κ2) is 6.49. The molecule has 18 heavy (non-hydrogen) atoms. The van der Waals surface area contributed by atoms with Gasteiger partial charge in [-0.05, 0) is 17.7 Å². The van der Waals surface area contributed by atoms with Crippen LogP contribution in [0.4, 0.5) is 5.69 Å². The minimum atomic E-state index is -0.273. The first-order chi connectivity index (χ1) is 8.79. The molecule has 0 aliphatic carbocycles. The summed E-state index contributed by atoms with van der Waals surface area (Å²) < 4.78 is 10.3. The number of hydrogen-bond donors (Lipinski definition) is 2. The molecule has 0 aromatic heterocycles. The molecule has 1 aliphatic heterocycles. The summed E-state index contributed by atoms with van der Waals surface area (Å²) >= 11 is 0. The highest BCUT2D eigenvalue weighted by Crippen LogP contribution is 2.12. The van der Waals surface area contributed by atoms with Crippen molar-refractivity contribution in [2.24, 2.45) is 0 Å². The largest absolute Gasteiger partial charge is 0.380 e. The Balaban J connectivity index is 1.95. The zero-order valence-corrected chi connectivity index (χ0v) is 10.4. The topological polar surface area (TPSA) is 59.6 Å². The molecule has 5 nitrogen and oxygen atoms in total. The Bertz CT molecular complexity index is 403. The summed E-state index contributed by atoms with van der Waals surface area (Å²) in [6.45, 7) is 2.33. The van der Waals surface area contributed by atoms with E-state index in [1.54, 1.807) is 7.11 Å². The molecule has 1 atom stereocenters. The number of ether oxygens (including phenoxy) is 2. The van der Waals surface area contributed by atoms with E-state index in [9.17, 15) is 4.79 Å². The van der Waals surface area contributed by atoms with Crippen LogP contribution < -0.4 is 10.6 Å². The molecule has 1 unspecified atom stereocenters. The first-order valence-electron chi connectivity index (χ1n) is 5.99. The van der Waals surface area contributed by atoms with Crippen LogP contribution in [-0.4, -0.2) is 38.8 Å². The lowest BCUT2D eigenvalue weighted by Gasteiger charge is -2.22. The first kappa shape index (κ1) is 13.0. The summed E-state index contributed by atoms with van der Waals surface area (Å²) in [5.74, 6) is -0.0655. The van der Waals surface area contributed by atoms with E-state index in [0.29, 0.717) is 26.4 Å². The van der Waals surface area contributed by atoms with Gasteiger partial charge in [-0.3, -0.25) is 4.79 Å². The van der Waals surface area contributed by atoms with E-state index in [1.165, 1.54) is 0 Å². The molecule has 1 saturated heterocycles. The molecule has 1 heterocycles. The highest BCUT2D eigenvalue weighted by molar-refractivity contribution is 5.95. The van der Waals surface area contributed by atoms with Crippen molar-refractivity contribution in [3.05, 3.63) is 29.8 Å². The lowest BCUT2D eigenvalue weighted by Crippen LogP contribution is -2.48. The van der Waals surface area contributed by atoms with Crippen LogP contribution in [-0.2, 0) is 20.9 Å². The minimum Gasteiger partial charge on any atom is -0.380 e. The summed E-state index contributed by atoms with van der Waals surface area (Å²) in [5, 5.41) is 5.99. The van der Waals surface area contributed by atoms with Crippen LogP contribution in [0.3, 0.4) is 0 Å². The third-order valence-corrected chi connectivity index (χ3v) is 2.74. The van der Waals surface area contributed by atoms with Gasteiger partial charge in [-0.15, -0.1) is 0 Å². The molecule has 2 N–H and O–H groups in total. The fourth-order valence-electron chi connectivity index (χ4n) is 1.87. The third kappa shape index (κ3) is 3.53. The van der Waals surface area contributed by atoms with Crippen LogP contribution >= 0.6 is 0 Å². The second-order valence-corrected chi connectivity index (χ2v) is 4.20. The van der Waals surface area contributed by atoms with Crippen LogP contribution in [0.2, 0.25) is 0 Å². The molecule has 98 valence electrons. The molecule has 1 aromatic rings. The molecule has 0 spiro atoms. The predicted molar refractivity (Wildman–Crippen MR) is 68.4 cm³/mol. The number of anilines is 1. The van der Waals surface area contributed by atoms with Gasteiger partial charge in [0.25, 0.3) is 0 Å². The average molecular weight is 250 g/mol. The van der Waals surface area contributed by atoms with Crippen LogP contribution in [0.15, 0.2) is 24.3 Å². The lowest BCUT2D eigenvalue weighted by atomic mass is 10.2. The van der Waals surface area contributed by atoms with Crippen molar-refractivity contribution in [1.82, 2.24) is 5.32 Å². The number of carbonyl (C=O) groups is 1. The summed E-state index contributed by atoms with van der Waals surface area (Å²) in [6.07, 6.45) is 0. The van der Waals surface area contributed by atoms with Gasteiger partial charge >= 0.3 is 0 Å². The molecule has 1 aliphatic rings. The fourth-order valence-corrected chi connectivity index (χ4v) is 1.87. The minimum absolute atomic E-state index is 0.0655. The van der Waals surface area contributed by atoms with Crippen LogP contribution in [0, 0.1) is 0 Å². The molecule has 0 saturated carbocycles. The number of amides is 1. The van der Waals surface area contributed by atoms with Gasteiger partial charge in [0, 0.05) is 19.3 Å². The van der Waals surface area contributed by atoms with Crippen LogP contribution in [0.1, 0.15) is 5.56 Å². The van der Waals surface area contributed by atoms with Crippen LogP contribution in [0.25, 0.3) is 0 Å². The van der Waals surface area contributed by atoms with Gasteiger partial charge in [-0.1, -0.05) is 12.1 Å². The number of methoxy groups -OCH3 is 1. The Morgan fingerprint density at radius 1 is 1.61 bits per heavy atom. The second-order valence-electron chi connectivity index (χ2n) is 4.20. The van der Waals surface area contributed by atoms with Gasteiger partial charge in [0.15, 0.2) is 0 Å². The van der Waals surface area contributed by atoms with Gasteiger partial charge < -0.3 is 20.1 Å². The maximum Gasteiger partial charge on any atom is 0.243 e. The predicted octanol–water partition coefficient (Wildman–Crippen LogP) is 0.760. The molecule has 1 aromatic carbocycles. The quantitative estimate of drug-likeness (QED) is 0.828. The van der Waals surface area contributed by atoms with Gasteiger partial charge in [-0.25, -0.2) is 0 Å². The van der Waals surface area contributed by atoms with Crippen molar-refractivity contribution in [2.45, 2.75) is 12.6 Å². The van der Waals surface area contributed by atoms with E-state index in [4.69, 9.17) is 9.47 Å². The molecule has 2 rings (SSSR count). The number of nitrogens with one attached hydrogen (secondary N) is 2. The smallest absolute Gasteiger partial charge is 0.243 e. The molecular weight excluding hydrogens is 232 g/mol. The Morgan fingerprint density at radius 2 is 2.50 bits per heavy atom. The molecule has 0 bridgehead atoms. The summed E-state index contributed by atoms with van der Waals surface area (Å²) in [4.78, 5) is 12.0. The number of benzene rings is 1. The van der Waals surface area contributed by atoms with E-state index in [0.717, 1.165) is 11.3 Å². The molecule has 5 heteroatoms. The Kier molecular flexibility index (Phi) is 4.69. The van der Waals surface area contributed by atoms with Gasteiger partial charge in [-0.2, -0.15) is 0 Å². The molecule has 1 amide bonds. The third-order valence-electron chi connectivity index (χ3n) is 2.74. The molecule has 0 radical (unpaired) electrons. The van der Waals surface area contributed by atoms with Gasteiger partial charge in [0.2, 0.25) is 5.91 Å². The first-order valence-corrected chi connectivity index (χ1v) is 5.99. The zero-order chi connectivity index (χ0) is 12.8. The maximum absolute atomic E-state index is 12.0. The fraction of sp³-hybridized carbons (Fsp3) is 0.462. The number of hydrogen-bond acceptors (Lipinski definition) is 4. The normalized spacial score (nSPS) is 19.5. The van der Waals surface area contributed by atoms with Crippen molar-refractivity contribution < 1.29 is 14.3 Å². The van der Waals surface area contributed by atoms with E-state index in [1.807, 2.05) is 24.3 Å². The van der Waals surface area contributed by atoms with Crippen LogP contribution in [0.5, 0.6) is 0 Å². The van der Waals surface area contributed by atoms with Crippen molar-refractivity contribution in [1.29, 1.82) is 0 Å². The van der Waals surface area contributed by atoms with Gasteiger partial charge in [0.1, 0.15) is 6.04 Å². The lowest BCUT2D eigenvalue weighted by molar-refractivity contribution is -0.120. The average Bonchev–Trinajstić information content (AvgIpc) is 2.40. The SMILES string of the molecule is COCc1cccc(NC(=O)C2COCCN2)c1. The monoisotopic (exact) mass is 250 g/mol. The Labute approximate surface area is 106 Å². The summed E-state index contributed by atoms with van der Waals surface area (Å²) in [6, 6.07) is 7.35. The van der Waals surface area contributed by atoms with E-state index < -0.39 is 0 Å². The van der Waals surface area contributed by atoms with Crippen molar-refractivity contribution in [3.8, 4) is 0 Å². The van der Waals surface area contributed by atoms with E-state index in [-0.39, 0.29) is 11.9 Å².